The molecule has 1 saturated heterocycles. The Balaban J connectivity index is 2.26. The Hall–Kier alpha value is -1.67. The number of carbonyl (C=O) groups is 2. The minimum Gasteiger partial charge on any atom is -0.481 e. The summed E-state index contributed by atoms with van der Waals surface area (Å²) in [7, 11) is 0. The highest BCUT2D eigenvalue weighted by Gasteiger charge is 2.22. The molecule has 0 atom stereocenters. The summed E-state index contributed by atoms with van der Waals surface area (Å²) < 4.78 is 5.22. The Labute approximate surface area is 107 Å². The lowest BCUT2D eigenvalue weighted by atomic mass is 10.2. The second-order valence-electron chi connectivity index (χ2n) is 3.81. The molecule has 1 aromatic rings. The van der Waals surface area contributed by atoms with Crippen LogP contribution in [0.5, 0.6) is 0 Å². The van der Waals surface area contributed by atoms with Crippen LogP contribution in [0.25, 0.3) is 0 Å². The van der Waals surface area contributed by atoms with Crippen molar-refractivity contribution < 1.29 is 19.4 Å². The fraction of sp³-hybridized carbons (Fsp3) is 0.500. The van der Waals surface area contributed by atoms with E-state index in [1.165, 1.54) is 0 Å². The number of carboxylic acids is 1. The van der Waals surface area contributed by atoms with Crippen molar-refractivity contribution in [1.82, 2.24) is 4.98 Å². The van der Waals surface area contributed by atoms with E-state index in [4.69, 9.17) is 15.6 Å². The van der Waals surface area contributed by atoms with Crippen molar-refractivity contribution in [3.8, 4) is 0 Å². The first-order valence-electron chi connectivity index (χ1n) is 5.42. The predicted octanol–water partition coefficient (Wildman–Crippen LogP) is -0.294. The van der Waals surface area contributed by atoms with Crippen LogP contribution in [0.4, 0.5) is 5.13 Å². The number of morpholine rings is 1. The van der Waals surface area contributed by atoms with E-state index in [0.717, 1.165) is 11.3 Å². The summed E-state index contributed by atoms with van der Waals surface area (Å²) in [5, 5.41) is 9.40. The van der Waals surface area contributed by atoms with Crippen LogP contribution >= 0.6 is 11.3 Å². The van der Waals surface area contributed by atoms with Gasteiger partial charge in [0.05, 0.1) is 25.3 Å². The highest BCUT2D eigenvalue weighted by atomic mass is 32.1. The van der Waals surface area contributed by atoms with Gasteiger partial charge in [-0.2, -0.15) is 0 Å². The van der Waals surface area contributed by atoms with Crippen LogP contribution in [-0.4, -0.2) is 48.3 Å². The average Bonchev–Trinajstić information content (AvgIpc) is 2.73. The van der Waals surface area contributed by atoms with Gasteiger partial charge in [0.2, 0.25) is 0 Å². The molecular formula is C10H13N3O4S. The van der Waals surface area contributed by atoms with Gasteiger partial charge in [-0.1, -0.05) is 11.3 Å². The SMILES string of the molecule is NC(=O)c1sc(N2CCOCC2)nc1CC(=O)O. The number of hydrogen-bond donors (Lipinski definition) is 2. The summed E-state index contributed by atoms with van der Waals surface area (Å²) in [6, 6.07) is 0. The number of amides is 1. The van der Waals surface area contributed by atoms with Gasteiger partial charge in [-0.05, 0) is 0 Å². The number of thiazole rings is 1. The quantitative estimate of drug-likeness (QED) is 0.779. The molecule has 2 rings (SSSR count). The summed E-state index contributed by atoms with van der Waals surface area (Å²) in [4.78, 5) is 28.4. The highest BCUT2D eigenvalue weighted by molar-refractivity contribution is 7.17. The van der Waals surface area contributed by atoms with Crippen LogP contribution in [0.3, 0.4) is 0 Å². The van der Waals surface area contributed by atoms with Crippen LogP contribution in [0, 0.1) is 0 Å². The van der Waals surface area contributed by atoms with Gasteiger partial charge < -0.3 is 20.5 Å². The maximum absolute atomic E-state index is 11.3. The van der Waals surface area contributed by atoms with E-state index in [1.54, 1.807) is 0 Å². The highest BCUT2D eigenvalue weighted by Crippen LogP contribution is 2.27. The molecule has 0 spiro atoms. The molecule has 7 nitrogen and oxygen atoms in total. The number of nitrogens with two attached hydrogens (primary N) is 1. The second kappa shape index (κ2) is 5.32. The summed E-state index contributed by atoms with van der Waals surface area (Å²) in [5.74, 6) is -1.67. The van der Waals surface area contributed by atoms with E-state index in [9.17, 15) is 9.59 Å². The Kier molecular flexibility index (Phi) is 3.78. The molecule has 1 aliphatic rings. The Bertz CT molecular complexity index is 468. The number of carboxylic acid groups (broad SMARTS) is 1. The van der Waals surface area contributed by atoms with Crippen molar-refractivity contribution in [2.45, 2.75) is 6.42 Å². The van der Waals surface area contributed by atoms with E-state index >= 15 is 0 Å². The Morgan fingerprint density at radius 3 is 2.67 bits per heavy atom. The number of anilines is 1. The van der Waals surface area contributed by atoms with Gasteiger partial charge in [-0.15, -0.1) is 0 Å². The third kappa shape index (κ3) is 2.77. The number of aromatic nitrogens is 1. The maximum Gasteiger partial charge on any atom is 0.309 e. The molecule has 98 valence electrons. The number of hydrogen-bond acceptors (Lipinski definition) is 6. The minimum absolute atomic E-state index is 0.221. The summed E-state index contributed by atoms with van der Waals surface area (Å²) in [6.07, 6.45) is -0.293. The van der Waals surface area contributed by atoms with Gasteiger partial charge in [0.15, 0.2) is 5.13 Å². The van der Waals surface area contributed by atoms with Gasteiger partial charge >= 0.3 is 5.97 Å². The Morgan fingerprint density at radius 1 is 1.44 bits per heavy atom. The van der Waals surface area contributed by atoms with E-state index in [1.807, 2.05) is 4.90 Å². The number of carbonyl (C=O) groups excluding carboxylic acids is 1. The minimum atomic E-state index is -1.03. The van der Waals surface area contributed by atoms with Gasteiger partial charge in [-0.25, -0.2) is 4.98 Å². The lowest BCUT2D eigenvalue weighted by Crippen LogP contribution is -2.36. The topological polar surface area (TPSA) is 106 Å². The maximum atomic E-state index is 11.3. The van der Waals surface area contributed by atoms with Gasteiger partial charge in [0.1, 0.15) is 4.88 Å². The largest absolute Gasteiger partial charge is 0.481 e. The van der Waals surface area contributed by atoms with Gasteiger partial charge in [0, 0.05) is 13.1 Å². The molecule has 0 aromatic carbocycles. The number of aliphatic carboxylic acids is 1. The zero-order valence-corrected chi connectivity index (χ0v) is 10.4. The molecule has 8 heteroatoms. The van der Waals surface area contributed by atoms with E-state index in [0.29, 0.717) is 31.4 Å². The number of ether oxygens (including phenoxy) is 1. The third-order valence-electron chi connectivity index (χ3n) is 2.51. The fourth-order valence-electron chi connectivity index (χ4n) is 1.68. The van der Waals surface area contributed by atoms with Crippen molar-refractivity contribution in [1.29, 1.82) is 0 Å². The molecule has 0 saturated carbocycles. The third-order valence-corrected chi connectivity index (χ3v) is 3.68. The lowest BCUT2D eigenvalue weighted by Gasteiger charge is -2.25. The molecule has 1 amide bonds. The molecule has 18 heavy (non-hydrogen) atoms. The normalized spacial score (nSPS) is 15.7. The molecular weight excluding hydrogens is 258 g/mol. The zero-order chi connectivity index (χ0) is 13.1. The molecule has 0 unspecified atom stereocenters. The van der Waals surface area contributed by atoms with Crippen molar-refractivity contribution >= 4 is 28.3 Å². The first-order valence-corrected chi connectivity index (χ1v) is 6.23. The molecule has 0 radical (unpaired) electrons. The fourth-order valence-corrected chi connectivity index (χ4v) is 2.67. The van der Waals surface area contributed by atoms with E-state index in [-0.39, 0.29) is 17.0 Å². The van der Waals surface area contributed by atoms with E-state index in [2.05, 4.69) is 4.98 Å². The standard InChI is InChI=1S/C10H13N3O4S/c11-9(16)8-6(5-7(14)15)12-10(18-8)13-1-3-17-4-2-13/h1-5H2,(H2,11,16)(H,14,15). The lowest BCUT2D eigenvalue weighted by molar-refractivity contribution is -0.136. The molecule has 2 heterocycles. The van der Waals surface area contributed by atoms with Crippen LogP contribution < -0.4 is 10.6 Å². The van der Waals surface area contributed by atoms with Crippen LogP contribution in [0.2, 0.25) is 0 Å². The molecule has 1 fully saturated rings. The zero-order valence-electron chi connectivity index (χ0n) is 9.59. The summed E-state index contributed by atoms with van der Waals surface area (Å²) >= 11 is 1.14. The molecule has 1 aromatic heterocycles. The first kappa shape index (κ1) is 12.8. The average molecular weight is 271 g/mol. The van der Waals surface area contributed by atoms with Crippen molar-refractivity contribution in [3.63, 3.8) is 0 Å². The van der Waals surface area contributed by atoms with Crippen molar-refractivity contribution in [2.24, 2.45) is 5.73 Å². The first-order chi connectivity index (χ1) is 8.58. The smallest absolute Gasteiger partial charge is 0.309 e. The molecule has 3 N–H and O–H groups in total. The predicted molar refractivity (Wildman–Crippen MR) is 65.0 cm³/mol. The van der Waals surface area contributed by atoms with E-state index < -0.39 is 11.9 Å². The van der Waals surface area contributed by atoms with Crippen LogP contribution in [-0.2, 0) is 16.0 Å². The summed E-state index contributed by atoms with van der Waals surface area (Å²) in [5.41, 5.74) is 5.47. The van der Waals surface area contributed by atoms with Crippen LogP contribution in [0.15, 0.2) is 0 Å². The summed E-state index contributed by atoms with van der Waals surface area (Å²) in [6.45, 7) is 2.55. The number of rotatable bonds is 4. The monoisotopic (exact) mass is 271 g/mol. The van der Waals surface area contributed by atoms with Gasteiger partial charge in [0.25, 0.3) is 5.91 Å². The van der Waals surface area contributed by atoms with Crippen molar-refractivity contribution in [2.75, 3.05) is 31.2 Å². The number of primary amides is 1. The molecule has 1 aliphatic heterocycles. The Morgan fingerprint density at radius 2 is 2.11 bits per heavy atom. The molecule has 0 aliphatic carbocycles. The van der Waals surface area contributed by atoms with Crippen molar-refractivity contribution in [3.05, 3.63) is 10.6 Å². The van der Waals surface area contributed by atoms with Gasteiger partial charge in [-0.3, -0.25) is 9.59 Å². The molecule has 0 bridgehead atoms. The second-order valence-corrected chi connectivity index (χ2v) is 4.78. The number of nitrogens with zero attached hydrogens (tertiary/aromatic N) is 2. The van der Waals surface area contributed by atoms with Crippen LogP contribution in [0.1, 0.15) is 15.4 Å².